The summed E-state index contributed by atoms with van der Waals surface area (Å²) in [5, 5.41) is 2.50. The SMILES string of the molecule is C=CCN1C(=O)/C(=C/c2nccs2)c2cc(S(=O)(=O)N(CC=C)C(c3ccccc3)c3ccccc3)ccc21. The first-order valence-electron chi connectivity index (χ1n) is 12.4. The highest BCUT2D eigenvalue weighted by atomic mass is 32.2. The van der Waals surface area contributed by atoms with Gasteiger partial charge in [0.05, 0.1) is 22.2 Å². The molecule has 0 N–H and O–H groups in total. The number of rotatable bonds is 10. The molecule has 0 spiro atoms. The molecule has 1 aliphatic rings. The second-order valence-electron chi connectivity index (χ2n) is 8.90. The zero-order valence-electron chi connectivity index (χ0n) is 21.2. The number of hydrogen-bond acceptors (Lipinski definition) is 5. The minimum Gasteiger partial charge on any atom is -0.304 e. The Bertz CT molecular complexity index is 1590. The highest BCUT2D eigenvalue weighted by Gasteiger charge is 2.36. The Balaban J connectivity index is 1.65. The van der Waals surface area contributed by atoms with Crippen LogP contribution in [0.15, 0.2) is 121 Å². The Labute approximate surface area is 232 Å². The highest BCUT2D eigenvalue weighted by molar-refractivity contribution is 7.89. The first-order valence-corrected chi connectivity index (χ1v) is 14.7. The number of benzene rings is 3. The Morgan fingerprint density at radius 1 is 0.949 bits per heavy atom. The van der Waals surface area contributed by atoms with Crippen molar-refractivity contribution in [1.82, 2.24) is 9.29 Å². The van der Waals surface area contributed by atoms with Gasteiger partial charge in [0, 0.05) is 30.2 Å². The van der Waals surface area contributed by atoms with E-state index in [1.165, 1.54) is 15.6 Å². The summed E-state index contributed by atoms with van der Waals surface area (Å²) in [6, 6.07) is 23.4. The van der Waals surface area contributed by atoms with Crippen LogP contribution in [0.5, 0.6) is 0 Å². The largest absolute Gasteiger partial charge is 0.304 e. The van der Waals surface area contributed by atoms with Crippen molar-refractivity contribution in [3.8, 4) is 0 Å². The summed E-state index contributed by atoms with van der Waals surface area (Å²) >= 11 is 1.41. The van der Waals surface area contributed by atoms with Crippen LogP contribution in [0.2, 0.25) is 0 Å². The van der Waals surface area contributed by atoms with Crippen molar-refractivity contribution in [2.75, 3.05) is 18.0 Å². The Hall–Kier alpha value is -4.11. The molecule has 2 heterocycles. The Morgan fingerprint density at radius 2 is 1.62 bits per heavy atom. The van der Waals surface area contributed by atoms with Crippen molar-refractivity contribution < 1.29 is 13.2 Å². The molecule has 196 valence electrons. The topological polar surface area (TPSA) is 70.6 Å². The smallest absolute Gasteiger partial charge is 0.259 e. The molecule has 6 nitrogen and oxygen atoms in total. The molecule has 3 aromatic carbocycles. The lowest BCUT2D eigenvalue weighted by molar-refractivity contribution is -0.112. The summed E-state index contributed by atoms with van der Waals surface area (Å²) in [6.07, 6.45) is 6.62. The molecule has 0 radical (unpaired) electrons. The Kier molecular flexibility index (Phi) is 7.70. The highest BCUT2D eigenvalue weighted by Crippen LogP contribution is 2.41. The van der Waals surface area contributed by atoms with Gasteiger partial charge in [-0.2, -0.15) is 4.31 Å². The van der Waals surface area contributed by atoms with Crippen LogP contribution in [0.25, 0.3) is 11.6 Å². The fourth-order valence-electron chi connectivity index (χ4n) is 4.78. The van der Waals surface area contributed by atoms with Gasteiger partial charge in [-0.3, -0.25) is 4.79 Å². The second-order valence-corrected chi connectivity index (χ2v) is 11.7. The molecule has 0 saturated heterocycles. The molecular weight excluding hydrogens is 526 g/mol. The molecule has 39 heavy (non-hydrogen) atoms. The van der Waals surface area contributed by atoms with E-state index < -0.39 is 16.1 Å². The third-order valence-electron chi connectivity index (χ3n) is 6.49. The van der Waals surface area contributed by atoms with E-state index in [1.54, 1.807) is 47.5 Å². The van der Waals surface area contributed by atoms with E-state index in [0.29, 0.717) is 28.4 Å². The number of sulfonamides is 1. The van der Waals surface area contributed by atoms with Crippen LogP contribution in [-0.2, 0) is 14.8 Å². The number of carbonyl (C=O) groups excluding carboxylic acids is 1. The van der Waals surface area contributed by atoms with Crippen molar-refractivity contribution in [2.24, 2.45) is 0 Å². The first-order chi connectivity index (χ1) is 19.0. The lowest BCUT2D eigenvalue weighted by Gasteiger charge is -2.31. The predicted molar refractivity (Wildman–Crippen MR) is 158 cm³/mol. The minimum absolute atomic E-state index is 0.0944. The van der Waals surface area contributed by atoms with E-state index in [1.807, 2.05) is 66.0 Å². The summed E-state index contributed by atoms with van der Waals surface area (Å²) in [4.78, 5) is 19.3. The van der Waals surface area contributed by atoms with Gasteiger partial charge in [-0.05, 0) is 35.4 Å². The molecule has 8 heteroatoms. The number of amides is 1. The monoisotopic (exact) mass is 553 g/mol. The zero-order chi connectivity index (χ0) is 27.4. The maximum atomic E-state index is 14.4. The summed E-state index contributed by atoms with van der Waals surface area (Å²) < 4.78 is 30.2. The molecule has 1 amide bonds. The van der Waals surface area contributed by atoms with Gasteiger partial charge in [0.25, 0.3) is 5.91 Å². The van der Waals surface area contributed by atoms with Crippen molar-refractivity contribution in [3.05, 3.63) is 137 Å². The third-order valence-corrected chi connectivity index (χ3v) is 9.04. The van der Waals surface area contributed by atoms with Gasteiger partial charge in [-0.15, -0.1) is 24.5 Å². The van der Waals surface area contributed by atoms with E-state index in [2.05, 4.69) is 18.1 Å². The van der Waals surface area contributed by atoms with Crippen molar-refractivity contribution in [3.63, 3.8) is 0 Å². The van der Waals surface area contributed by atoms with Gasteiger partial charge in [0.2, 0.25) is 10.0 Å². The summed E-state index contributed by atoms with van der Waals surface area (Å²) in [5.41, 5.74) is 3.27. The fraction of sp³-hybridized carbons (Fsp3) is 0.0968. The molecule has 0 aliphatic carbocycles. The molecule has 1 aromatic heterocycles. The molecular formula is C31H27N3O3S2. The first kappa shape index (κ1) is 26.5. The van der Waals surface area contributed by atoms with Crippen LogP contribution in [0.4, 0.5) is 5.69 Å². The standard InChI is InChI=1S/C31H27N3O3S2/c1-3-18-33-28-16-15-25(21-26(28)27(31(33)35)22-29-32-17-20-38-29)39(36,37)34(19-4-2)30(23-11-7-5-8-12-23)24-13-9-6-10-14-24/h3-17,20-22,30H,1-2,18-19H2/b27-22+. The number of anilines is 1. The van der Waals surface area contributed by atoms with Gasteiger partial charge in [-0.25, -0.2) is 13.4 Å². The average Bonchev–Trinajstić information content (AvgIpc) is 3.57. The van der Waals surface area contributed by atoms with E-state index in [4.69, 9.17) is 0 Å². The van der Waals surface area contributed by atoms with Crippen LogP contribution >= 0.6 is 11.3 Å². The van der Waals surface area contributed by atoms with E-state index in [-0.39, 0.29) is 17.3 Å². The maximum Gasteiger partial charge on any atom is 0.259 e. The van der Waals surface area contributed by atoms with Crippen molar-refractivity contribution in [2.45, 2.75) is 10.9 Å². The van der Waals surface area contributed by atoms with Gasteiger partial charge < -0.3 is 4.90 Å². The third kappa shape index (κ3) is 5.14. The van der Waals surface area contributed by atoms with Gasteiger partial charge >= 0.3 is 0 Å². The second kappa shape index (κ2) is 11.3. The fourth-order valence-corrected chi connectivity index (χ4v) is 6.95. The molecule has 5 rings (SSSR count). The molecule has 0 fully saturated rings. The number of thiazole rings is 1. The normalized spacial score (nSPS) is 14.3. The molecule has 4 aromatic rings. The lowest BCUT2D eigenvalue weighted by Crippen LogP contribution is -2.36. The van der Waals surface area contributed by atoms with E-state index >= 15 is 0 Å². The maximum absolute atomic E-state index is 14.4. The minimum atomic E-state index is -4.04. The average molecular weight is 554 g/mol. The number of hydrogen-bond donors (Lipinski definition) is 0. The number of carbonyl (C=O) groups is 1. The predicted octanol–water partition coefficient (Wildman–Crippen LogP) is 6.18. The van der Waals surface area contributed by atoms with Gasteiger partial charge in [-0.1, -0.05) is 72.8 Å². The van der Waals surface area contributed by atoms with E-state index in [9.17, 15) is 13.2 Å². The number of nitrogens with zero attached hydrogens (tertiary/aromatic N) is 3. The number of fused-ring (bicyclic) bond motifs is 1. The van der Waals surface area contributed by atoms with Crippen LogP contribution in [-0.4, -0.2) is 36.7 Å². The quantitative estimate of drug-likeness (QED) is 0.174. The van der Waals surface area contributed by atoms with Crippen molar-refractivity contribution in [1.29, 1.82) is 0 Å². The van der Waals surface area contributed by atoms with E-state index in [0.717, 1.165) is 11.1 Å². The molecule has 1 aliphatic heterocycles. The summed E-state index contributed by atoms with van der Waals surface area (Å²) in [6.45, 7) is 8.02. The van der Waals surface area contributed by atoms with Crippen LogP contribution in [0.1, 0.15) is 27.7 Å². The molecule has 0 saturated carbocycles. The van der Waals surface area contributed by atoms with Gasteiger partial charge in [0.1, 0.15) is 5.01 Å². The zero-order valence-corrected chi connectivity index (χ0v) is 22.8. The molecule has 0 bridgehead atoms. The van der Waals surface area contributed by atoms with Crippen LogP contribution in [0, 0.1) is 0 Å². The summed E-state index contributed by atoms with van der Waals surface area (Å²) in [7, 11) is -4.04. The number of aromatic nitrogens is 1. The lowest BCUT2D eigenvalue weighted by atomic mass is 9.99. The Morgan fingerprint density at radius 3 is 2.18 bits per heavy atom. The summed E-state index contributed by atoms with van der Waals surface area (Å²) in [5.74, 6) is -0.218. The van der Waals surface area contributed by atoms with Crippen LogP contribution in [0.3, 0.4) is 0 Å². The molecule has 0 unspecified atom stereocenters. The van der Waals surface area contributed by atoms with Gasteiger partial charge in [0.15, 0.2) is 0 Å². The van der Waals surface area contributed by atoms with Crippen LogP contribution < -0.4 is 4.90 Å². The van der Waals surface area contributed by atoms with Crippen molar-refractivity contribution >= 4 is 44.6 Å². The molecule has 0 atom stereocenters.